The van der Waals surface area contributed by atoms with E-state index in [1.54, 1.807) is 14.2 Å². The average molecular weight is 673 g/mol. The molecule has 3 amide bonds. The molecule has 4 aliphatic carbocycles. The average Bonchev–Trinajstić information content (AvgIpc) is 3.34. The summed E-state index contributed by atoms with van der Waals surface area (Å²) in [6.07, 6.45) is 9.23. The van der Waals surface area contributed by atoms with Crippen molar-refractivity contribution in [2.75, 3.05) is 41.4 Å². The Morgan fingerprint density at radius 2 is 1.31 bits per heavy atom. The molecule has 266 valence electrons. The predicted octanol–water partition coefficient (Wildman–Crippen LogP) is 5.41. The number of rotatable bonds is 2. The van der Waals surface area contributed by atoms with E-state index in [9.17, 15) is 14.4 Å². The van der Waals surface area contributed by atoms with E-state index in [0.717, 1.165) is 82.4 Å². The van der Waals surface area contributed by atoms with Gasteiger partial charge in [-0.05, 0) is 137 Å². The third-order valence-electron chi connectivity index (χ3n) is 13.6. The van der Waals surface area contributed by atoms with Crippen LogP contribution in [0.4, 0.5) is 4.79 Å². The molecule has 3 saturated heterocycles. The van der Waals surface area contributed by atoms with Crippen LogP contribution in [0, 0.1) is 11.8 Å². The monoisotopic (exact) mass is 672 g/mol. The highest BCUT2D eigenvalue weighted by Crippen LogP contribution is 2.59. The van der Waals surface area contributed by atoms with Crippen LogP contribution in [-0.4, -0.2) is 86.5 Å². The molecule has 2 aromatic rings. The number of piperidine rings is 2. The minimum Gasteiger partial charge on any atom is -0.497 e. The number of likely N-dealkylation sites (N-methyl/N-ethyl adjacent to an activating group) is 2. The minimum absolute atomic E-state index is 0. The summed E-state index contributed by atoms with van der Waals surface area (Å²) in [7, 11) is 7.89. The highest BCUT2D eigenvalue weighted by Gasteiger charge is 2.62. The first-order chi connectivity index (χ1) is 22.6. The van der Waals surface area contributed by atoms with Gasteiger partial charge in [0.15, 0.2) is 0 Å². The number of fused-ring (bicyclic) bond motifs is 2. The molecule has 7 atom stereocenters. The van der Waals surface area contributed by atoms with Crippen LogP contribution in [0.3, 0.4) is 0 Å². The van der Waals surface area contributed by atoms with Gasteiger partial charge in [0.1, 0.15) is 22.8 Å². The van der Waals surface area contributed by atoms with Crippen LogP contribution in [-0.2, 0) is 33.3 Å². The molecule has 49 heavy (non-hydrogen) atoms. The number of nitrogens with zero attached hydrogens (tertiary/aromatic N) is 2. The molecular formula is C40H56N4O5. The van der Waals surface area contributed by atoms with Gasteiger partial charge >= 0.3 is 6.03 Å². The van der Waals surface area contributed by atoms with E-state index in [2.05, 4.69) is 64.9 Å². The topological polar surface area (TPSA) is 100 Å². The van der Waals surface area contributed by atoms with Gasteiger partial charge in [-0.1, -0.05) is 27.0 Å². The van der Waals surface area contributed by atoms with Gasteiger partial charge in [-0.25, -0.2) is 4.79 Å². The van der Waals surface area contributed by atoms with Gasteiger partial charge in [-0.2, -0.15) is 0 Å². The fourth-order valence-corrected chi connectivity index (χ4v) is 11.3. The summed E-state index contributed by atoms with van der Waals surface area (Å²) in [6.45, 7) is 2.12. The van der Waals surface area contributed by atoms with Crippen molar-refractivity contribution in [3.8, 4) is 11.5 Å². The van der Waals surface area contributed by atoms with E-state index >= 15 is 0 Å². The molecule has 2 aromatic carbocycles. The van der Waals surface area contributed by atoms with Crippen molar-refractivity contribution >= 4 is 17.7 Å². The molecule has 0 aromatic heterocycles. The molecule has 3 aliphatic heterocycles. The zero-order chi connectivity index (χ0) is 32.7. The number of methoxy groups -OCH3 is 2. The van der Waals surface area contributed by atoms with Gasteiger partial charge < -0.3 is 24.6 Å². The van der Waals surface area contributed by atoms with Crippen LogP contribution >= 0.6 is 0 Å². The van der Waals surface area contributed by atoms with E-state index in [1.165, 1.54) is 22.3 Å². The summed E-state index contributed by atoms with van der Waals surface area (Å²) >= 11 is 0. The lowest BCUT2D eigenvalue weighted by atomic mass is 9.49. The van der Waals surface area contributed by atoms with Gasteiger partial charge in [0.25, 0.3) is 5.91 Å². The Kier molecular flexibility index (Phi) is 9.19. The van der Waals surface area contributed by atoms with Crippen LogP contribution < -0.4 is 20.1 Å². The first kappa shape index (κ1) is 35.4. The molecule has 9 rings (SSSR count). The van der Waals surface area contributed by atoms with Crippen molar-refractivity contribution in [3.63, 3.8) is 0 Å². The molecule has 1 spiro atoms. The largest absolute Gasteiger partial charge is 0.497 e. The van der Waals surface area contributed by atoms with E-state index in [4.69, 9.17) is 9.47 Å². The molecule has 5 fully saturated rings. The number of amides is 3. The Bertz CT molecular complexity index is 1640. The standard InChI is InChI=1S/C20H25N3O3.C18H23NO2.2CH4/c1-23-8-7-19-11-20(17(24)21-18(25)22-20)6-5-14(19)16(23)9-12-3-4-13(26-2)10-15(12)19;1-19-8-7-18-11-13(20)4-6-15(18)17(19)9-12-3-5-14(21-2)10-16(12)18;;/h3-4,10,14,16H,5-9,11H2,1-2H3,(H2,21,22,24,25);3,5,10,15,17H,4,6-9,11H2,1-2H3;2*1H4/t14-,16+,19-,20-;15-,17+,18-;;/m00../s1. The number of Topliss-reactive ketones (excluding diaryl/α,β-unsaturated/α-hetero) is 1. The van der Waals surface area contributed by atoms with Crippen molar-refractivity contribution < 1.29 is 23.9 Å². The Morgan fingerprint density at radius 3 is 1.86 bits per heavy atom. The number of carbonyl (C=O) groups is 3. The molecule has 7 aliphatic rings. The SMILES string of the molecule is C.C.COc1ccc2c(c1)[C@]13CCN(C)[C@H](C2)[C@@H]1CCC(=O)C3.COc1ccc2c(c1)[C@]13CCN(C)[C@H](C2)[C@@H]1CC[C@@]1(C3)NC(=O)NC1=O. The fourth-order valence-electron chi connectivity index (χ4n) is 11.3. The highest BCUT2D eigenvalue weighted by molar-refractivity contribution is 6.07. The summed E-state index contributed by atoms with van der Waals surface area (Å²) in [4.78, 5) is 41.8. The van der Waals surface area contributed by atoms with Crippen LogP contribution in [0.5, 0.6) is 11.5 Å². The van der Waals surface area contributed by atoms with E-state index < -0.39 is 5.54 Å². The lowest BCUT2D eigenvalue weighted by molar-refractivity contribution is -0.129. The third kappa shape index (κ3) is 5.29. The first-order valence-corrected chi connectivity index (χ1v) is 17.5. The van der Waals surface area contributed by atoms with E-state index in [-0.39, 0.29) is 37.6 Å². The second-order valence-corrected chi connectivity index (χ2v) is 15.5. The zero-order valence-corrected chi connectivity index (χ0v) is 28.2. The second kappa shape index (κ2) is 12.7. The molecule has 2 saturated carbocycles. The summed E-state index contributed by atoms with van der Waals surface area (Å²) in [6, 6.07) is 13.7. The summed E-state index contributed by atoms with van der Waals surface area (Å²) in [5.74, 6) is 3.24. The fraction of sp³-hybridized carbons (Fsp3) is 0.625. The molecule has 9 nitrogen and oxygen atoms in total. The van der Waals surface area contributed by atoms with Gasteiger partial charge in [0, 0.05) is 35.8 Å². The quantitative estimate of drug-likeness (QED) is 0.412. The number of likely N-dealkylation sites (tertiary alicyclic amines) is 2. The van der Waals surface area contributed by atoms with Crippen LogP contribution in [0.25, 0.3) is 0 Å². The van der Waals surface area contributed by atoms with Crippen molar-refractivity contribution in [3.05, 3.63) is 58.7 Å². The Balaban J connectivity index is 0.000000167. The van der Waals surface area contributed by atoms with Gasteiger partial charge in [0.2, 0.25) is 0 Å². The number of imide groups is 1. The lowest BCUT2D eigenvalue weighted by Gasteiger charge is -2.61. The number of carbonyl (C=O) groups excluding carboxylic acids is 3. The number of hydrogen-bond acceptors (Lipinski definition) is 7. The number of benzene rings is 2. The maximum Gasteiger partial charge on any atom is 0.322 e. The Morgan fingerprint density at radius 1 is 0.755 bits per heavy atom. The highest BCUT2D eigenvalue weighted by atomic mass is 16.5. The maximum absolute atomic E-state index is 12.7. The molecular weight excluding hydrogens is 616 g/mol. The van der Waals surface area contributed by atoms with Crippen LogP contribution in [0.2, 0.25) is 0 Å². The molecule has 4 bridgehead atoms. The number of urea groups is 1. The smallest absolute Gasteiger partial charge is 0.322 e. The van der Waals surface area contributed by atoms with Crippen molar-refractivity contribution in [1.82, 2.24) is 20.4 Å². The third-order valence-corrected chi connectivity index (χ3v) is 13.6. The molecule has 0 radical (unpaired) electrons. The van der Waals surface area contributed by atoms with E-state index in [1.807, 2.05) is 6.07 Å². The zero-order valence-electron chi connectivity index (χ0n) is 28.2. The van der Waals surface area contributed by atoms with Crippen molar-refractivity contribution in [1.29, 1.82) is 0 Å². The van der Waals surface area contributed by atoms with Crippen molar-refractivity contribution in [2.24, 2.45) is 11.8 Å². The second-order valence-electron chi connectivity index (χ2n) is 15.5. The number of hydrogen-bond donors (Lipinski definition) is 2. The van der Waals surface area contributed by atoms with Gasteiger partial charge in [0.05, 0.1) is 14.2 Å². The molecule has 3 heterocycles. The molecule has 9 heteroatoms. The normalized spacial score (nSPS) is 35.4. The number of ether oxygens (including phenoxy) is 2. The predicted molar refractivity (Wildman–Crippen MR) is 191 cm³/mol. The van der Waals surface area contributed by atoms with Crippen LogP contribution in [0.1, 0.15) is 88.5 Å². The maximum atomic E-state index is 12.7. The van der Waals surface area contributed by atoms with Crippen molar-refractivity contribution in [2.45, 2.75) is 108 Å². The Hall–Kier alpha value is -3.43. The first-order valence-electron chi connectivity index (χ1n) is 17.5. The number of nitrogens with one attached hydrogen (secondary N) is 2. The molecule has 2 N–H and O–H groups in total. The van der Waals surface area contributed by atoms with E-state index in [0.29, 0.717) is 36.1 Å². The lowest BCUT2D eigenvalue weighted by Crippen LogP contribution is -2.66. The summed E-state index contributed by atoms with van der Waals surface area (Å²) < 4.78 is 11.0. The van der Waals surface area contributed by atoms with Gasteiger partial charge in [-0.3, -0.25) is 14.9 Å². The minimum atomic E-state index is -0.758. The molecule has 0 unspecified atom stereocenters. The van der Waals surface area contributed by atoms with Crippen LogP contribution in [0.15, 0.2) is 36.4 Å². The van der Waals surface area contributed by atoms with Gasteiger partial charge in [-0.15, -0.1) is 0 Å². The number of ketones is 1. The summed E-state index contributed by atoms with van der Waals surface area (Å²) in [5, 5.41) is 5.45. The Labute approximate surface area is 292 Å². The summed E-state index contributed by atoms with van der Waals surface area (Å²) in [5.41, 5.74) is 4.77.